The van der Waals surface area contributed by atoms with Gasteiger partial charge in [-0.3, -0.25) is 9.36 Å². The summed E-state index contributed by atoms with van der Waals surface area (Å²) in [6.45, 7) is 1.75. The highest BCUT2D eigenvalue weighted by atomic mass is 32.2. The van der Waals surface area contributed by atoms with Gasteiger partial charge in [-0.2, -0.15) is 0 Å². The molecular formula is C12H13FN4O2S. The maximum Gasteiger partial charge on any atom is 0.313 e. The molecule has 6 nitrogen and oxygen atoms in total. The lowest BCUT2D eigenvalue weighted by Gasteiger charge is -2.17. The molecule has 0 aliphatic heterocycles. The summed E-state index contributed by atoms with van der Waals surface area (Å²) in [6, 6.07) is 5.89. The minimum Gasteiger partial charge on any atom is -0.481 e. The highest BCUT2D eigenvalue weighted by Crippen LogP contribution is 2.28. The van der Waals surface area contributed by atoms with Gasteiger partial charge in [-0.25, -0.2) is 4.39 Å². The van der Waals surface area contributed by atoms with Crippen LogP contribution in [0.5, 0.6) is 0 Å². The van der Waals surface area contributed by atoms with Crippen molar-refractivity contribution in [2.24, 2.45) is 0 Å². The summed E-state index contributed by atoms with van der Waals surface area (Å²) in [6.07, 6.45) is 0. The van der Waals surface area contributed by atoms with Gasteiger partial charge < -0.3 is 10.8 Å². The Kier molecular flexibility index (Phi) is 4.23. The Balaban J connectivity index is 2.34. The minimum absolute atomic E-state index is 0.119. The molecule has 1 heterocycles. The number of hydrogen-bond donors (Lipinski definition) is 2. The molecule has 0 saturated heterocycles. The Bertz CT molecular complexity index is 632. The van der Waals surface area contributed by atoms with Crippen LogP contribution < -0.4 is 5.73 Å². The van der Waals surface area contributed by atoms with Crippen LogP contribution in [0.2, 0.25) is 0 Å². The number of nitrogen functional groups attached to an aromatic ring is 1. The van der Waals surface area contributed by atoms with Gasteiger partial charge >= 0.3 is 5.97 Å². The third-order valence-corrected chi connectivity index (χ3v) is 3.69. The predicted molar refractivity (Wildman–Crippen MR) is 73.0 cm³/mol. The fourth-order valence-corrected chi connectivity index (χ4v) is 2.57. The van der Waals surface area contributed by atoms with E-state index >= 15 is 0 Å². The largest absolute Gasteiger partial charge is 0.481 e. The Morgan fingerprint density at radius 1 is 1.50 bits per heavy atom. The fourth-order valence-electron chi connectivity index (χ4n) is 1.83. The fraction of sp³-hybridized carbons (Fsp3) is 0.250. The van der Waals surface area contributed by atoms with Crippen LogP contribution in [-0.4, -0.2) is 31.6 Å². The first-order chi connectivity index (χ1) is 9.50. The maximum atomic E-state index is 13.8. The summed E-state index contributed by atoms with van der Waals surface area (Å²) in [5.74, 6) is -1.38. The van der Waals surface area contributed by atoms with Gasteiger partial charge in [0.2, 0.25) is 5.95 Å². The molecule has 0 fully saturated rings. The number of halogens is 1. The van der Waals surface area contributed by atoms with Crippen LogP contribution in [-0.2, 0) is 4.79 Å². The SMILES string of the molecule is CC(c1ccccc1F)n1c(N)nnc1SCC(=O)O. The van der Waals surface area contributed by atoms with E-state index in [0.29, 0.717) is 10.7 Å². The quantitative estimate of drug-likeness (QED) is 0.817. The number of anilines is 1. The monoisotopic (exact) mass is 296 g/mol. The zero-order chi connectivity index (χ0) is 14.7. The molecule has 0 saturated carbocycles. The lowest BCUT2D eigenvalue weighted by Crippen LogP contribution is -2.13. The topological polar surface area (TPSA) is 94.0 Å². The molecule has 3 N–H and O–H groups in total. The molecule has 1 aromatic carbocycles. The number of thioether (sulfide) groups is 1. The Hall–Kier alpha value is -2.09. The molecule has 0 amide bonds. The normalized spacial score (nSPS) is 12.3. The Labute approximate surface area is 118 Å². The number of aromatic nitrogens is 3. The second-order valence-electron chi connectivity index (χ2n) is 4.09. The van der Waals surface area contributed by atoms with E-state index in [1.165, 1.54) is 10.6 Å². The van der Waals surface area contributed by atoms with Crippen molar-refractivity contribution in [3.8, 4) is 0 Å². The zero-order valence-electron chi connectivity index (χ0n) is 10.7. The molecule has 1 unspecified atom stereocenters. The van der Waals surface area contributed by atoms with Crippen LogP contribution in [0, 0.1) is 5.82 Å². The van der Waals surface area contributed by atoms with Crippen LogP contribution in [0.3, 0.4) is 0 Å². The van der Waals surface area contributed by atoms with Crippen molar-refractivity contribution >= 4 is 23.7 Å². The number of rotatable bonds is 5. The van der Waals surface area contributed by atoms with Crippen molar-refractivity contribution < 1.29 is 14.3 Å². The van der Waals surface area contributed by atoms with Crippen LogP contribution in [0.1, 0.15) is 18.5 Å². The number of carboxylic acid groups (broad SMARTS) is 1. The van der Waals surface area contributed by atoms with Crippen molar-refractivity contribution in [2.45, 2.75) is 18.1 Å². The number of hydrogen-bond acceptors (Lipinski definition) is 5. The van der Waals surface area contributed by atoms with Crippen molar-refractivity contribution in [2.75, 3.05) is 11.5 Å². The molecule has 0 aliphatic rings. The zero-order valence-corrected chi connectivity index (χ0v) is 11.5. The first-order valence-electron chi connectivity index (χ1n) is 5.80. The number of carbonyl (C=O) groups is 1. The van der Waals surface area contributed by atoms with Crippen molar-refractivity contribution in [3.63, 3.8) is 0 Å². The van der Waals surface area contributed by atoms with E-state index in [4.69, 9.17) is 10.8 Å². The molecule has 0 radical (unpaired) electrons. The molecule has 2 aromatic rings. The molecule has 0 spiro atoms. The lowest BCUT2D eigenvalue weighted by atomic mass is 10.1. The van der Waals surface area contributed by atoms with E-state index < -0.39 is 12.0 Å². The summed E-state index contributed by atoms with van der Waals surface area (Å²) in [5.41, 5.74) is 6.18. The van der Waals surface area contributed by atoms with Crippen LogP contribution in [0.15, 0.2) is 29.4 Å². The van der Waals surface area contributed by atoms with Gasteiger partial charge in [0.25, 0.3) is 0 Å². The van der Waals surface area contributed by atoms with Gasteiger partial charge in [0.15, 0.2) is 5.16 Å². The summed E-state index contributed by atoms with van der Waals surface area (Å²) in [7, 11) is 0. The van der Waals surface area contributed by atoms with Crippen molar-refractivity contribution in [1.82, 2.24) is 14.8 Å². The van der Waals surface area contributed by atoms with Crippen LogP contribution in [0.4, 0.5) is 10.3 Å². The van der Waals surface area contributed by atoms with Gasteiger partial charge in [0, 0.05) is 5.56 Å². The van der Waals surface area contributed by atoms with E-state index in [9.17, 15) is 9.18 Å². The van der Waals surface area contributed by atoms with Gasteiger partial charge in [-0.1, -0.05) is 30.0 Å². The molecule has 2 rings (SSSR count). The molecule has 0 bridgehead atoms. The number of carboxylic acids is 1. The van der Waals surface area contributed by atoms with Crippen LogP contribution in [0.25, 0.3) is 0 Å². The van der Waals surface area contributed by atoms with Crippen molar-refractivity contribution in [3.05, 3.63) is 35.6 Å². The van der Waals surface area contributed by atoms with Crippen molar-refractivity contribution in [1.29, 1.82) is 0 Å². The van der Waals surface area contributed by atoms with Gasteiger partial charge in [-0.05, 0) is 13.0 Å². The number of nitrogens with zero attached hydrogens (tertiary/aromatic N) is 3. The first kappa shape index (κ1) is 14.3. The molecule has 106 valence electrons. The van der Waals surface area contributed by atoms with Gasteiger partial charge in [0.1, 0.15) is 5.82 Å². The van der Waals surface area contributed by atoms with E-state index in [-0.39, 0.29) is 17.5 Å². The van der Waals surface area contributed by atoms with Crippen LogP contribution >= 0.6 is 11.8 Å². The minimum atomic E-state index is -0.971. The average molecular weight is 296 g/mol. The number of nitrogens with two attached hydrogens (primary N) is 1. The van der Waals surface area contributed by atoms with E-state index in [1.54, 1.807) is 25.1 Å². The third-order valence-electron chi connectivity index (χ3n) is 2.76. The smallest absolute Gasteiger partial charge is 0.313 e. The number of aliphatic carboxylic acids is 1. The maximum absolute atomic E-state index is 13.8. The Morgan fingerprint density at radius 2 is 2.20 bits per heavy atom. The molecule has 1 atom stereocenters. The molecule has 8 heteroatoms. The first-order valence-corrected chi connectivity index (χ1v) is 6.78. The Morgan fingerprint density at radius 3 is 2.85 bits per heavy atom. The summed E-state index contributed by atoms with van der Waals surface area (Å²) in [5, 5.41) is 16.6. The summed E-state index contributed by atoms with van der Waals surface area (Å²) in [4.78, 5) is 10.6. The highest BCUT2D eigenvalue weighted by Gasteiger charge is 2.20. The van der Waals surface area contributed by atoms with E-state index in [0.717, 1.165) is 11.8 Å². The molecule has 1 aromatic heterocycles. The summed E-state index contributed by atoms with van der Waals surface area (Å²) >= 11 is 0.992. The number of benzene rings is 1. The third kappa shape index (κ3) is 2.90. The molecule has 20 heavy (non-hydrogen) atoms. The molecular weight excluding hydrogens is 283 g/mol. The van der Waals surface area contributed by atoms with Gasteiger partial charge in [-0.15, -0.1) is 10.2 Å². The van der Waals surface area contributed by atoms with E-state index in [1.807, 2.05) is 0 Å². The predicted octanol–water partition coefficient (Wildman–Crippen LogP) is 1.79. The second kappa shape index (κ2) is 5.91. The average Bonchev–Trinajstić information content (AvgIpc) is 2.77. The van der Waals surface area contributed by atoms with E-state index in [2.05, 4.69) is 10.2 Å². The molecule has 0 aliphatic carbocycles. The second-order valence-corrected chi connectivity index (χ2v) is 5.03. The lowest BCUT2D eigenvalue weighted by molar-refractivity contribution is -0.133. The summed E-state index contributed by atoms with van der Waals surface area (Å²) < 4.78 is 15.3. The van der Waals surface area contributed by atoms with Gasteiger partial charge in [0.05, 0.1) is 11.8 Å². The standard InChI is InChI=1S/C12H13FN4O2S/c1-7(8-4-2-3-5-9(8)13)17-11(14)15-16-12(17)20-6-10(18)19/h2-5,7H,6H2,1H3,(H2,14,15)(H,18,19). The highest BCUT2D eigenvalue weighted by molar-refractivity contribution is 7.99.